The first-order valence-corrected chi connectivity index (χ1v) is 6.66. The first-order chi connectivity index (χ1) is 7.86. The lowest BCUT2D eigenvalue weighted by Gasteiger charge is -2.18. The van der Waals surface area contributed by atoms with Crippen molar-refractivity contribution in [2.75, 3.05) is 18.0 Å². The van der Waals surface area contributed by atoms with Gasteiger partial charge in [0.15, 0.2) is 0 Å². The van der Waals surface area contributed by atoms with Gasteiger partial charge in [-0.1, -0.05) is 6.42 Å². The van der Waals surface area contributed by atoms with E-state index < -0.39 is 0 Å². The molecule has 0 bridgehead atoms. The van der Waals surface area contributed by atoms with Gasteiger partial charge in [-0.15, -0.1) is 11.6 Å². The van der Waals surface area contributed by atoms with Gasteiger partial charge >= 0.3 is 0 Å². The molecule has 0 spiro atoms. The van der Waals surface area contributed by atoms with E-state index in [1.807, 2.05) is 12.3 Å². The summed E-state index contributed by atoms with van der Waals surface area (Å²) in [5.74, 6) is 3.53. The predicted molar refractivity (Wildman–Crippen MR) is 66.8 cm³/mol. The van der Waals surface area contributed by atoms with Gasteiger partial charge in [0.2, 0.25) is 0 Å². The number of alkyl halides is 1. The molecule has 0 amide bonds. The molecule has 1 aromatic heterocycles. The lowest BCUT2D eigenvalue weighted by atomic mass is 10.0. The van der Waals surface area contributed by atoms with E-state index in [4.69, 9.17) is 11.6 Å². The van der Waals surface area contributed by atoms with Gasteiger partial charge in [0, 0.05) is 25.2 Å². The smallest absolute Gasteiger partial charge is 0.128 e. The van der Waals surface area contributed by atoms with Crippen LogP contribution in [0.4, 0.5) is 5.82 Å². The second-order valence-electron chi connectivity index (χ2n) is 5.01. The van der Waals surface area contributed by atoms with Crippen molar-refractivity contribution >= 4 is 17.4 Å². The largest absolute Gasteiger partial charge is 0.356 e. The maximum atomic E-state index is 5.86. The summed E-state index contributed by atoms with van der Waals surface area (Å²) in [6.07, 6.45) is 6.13. The number of rotatable bonds is 2. The molecule has 86 valence electrons. The predicted octanol–water partition coefficient (Wildman–Crippen LogP) is 3.06. The van der Waals surface area contributed by atoms with Gasteiger partial charge in [0.05, 0.1) is 0 Å². The molecule has 1 saturated heterocycles. The molecule has 1 saturated carbocycles. The van der Waals surface area contributed by atoms with E-state index in [1.165, 1.54) is 37.9 Å². The first-order valence-electron chi connectivity index (χ1n) is 6.12. The SMILES string of the molecule is ClCc1ccnc(N2CC3CCCC3C2)c1. The monoisotopic (exact) mass is 236 g/mol. The van der Waals surface area contributed by atoms with E-state index in [0.717, 1.165) is 17.7 Å². The second-order valence-corrected chi connectivity index (χ2v) is 5.28. The molecule has 2 aliphatic rings. The summed E-state index contributed by atoms with van der Waals surface area (Å²) in [5, 5.41) is 0. The number of nitrogens with zero attached hydrogens (tertiary/aromatic N) is 2. The molecule has 2 unspecified atom stereocenters. The zero-order valence-electron chi connectivity index (χ0n) is 9.40. The highest BCUT2D eigenvalue weighted by atomic mass is 35.5. The molecule has 0 N–H and O–H groups in total. The fourth-order valence-electron chi connectivity index (χ4n) is 3.14. The molecular formula is C13H17ClN2. The molecule has 2 fully saturated rings. The van der Waals surface area contributed by atoms with E-state index in [2.05, 4.69) is 16.0 Å². The molecule has 2 atom stereocenters. The van der Waals surface area contributed by atoms with Crippen molar-refractivity contribution in [1.82, 2.24) is 4.98 Å². The van der Waals surface area contributed by atoms with Crippen molar-refractivity contribution in [3.63, 3.8) is 0 Å². The van der Waals surface area contributed by atoms with Crippen LogP contribution in [0.5, 0.6) is 0 Å². The Hall–Kier alpha value is -0.760. The van der Waals surface area contributed by atoms with Crippen molar-refractivity contribution in [2.45, 2.75) is 25.1 Å². The van der Waals surface area contributed by atoms with Crippen molar-refractivity contribution < 1.29 is 0 Å². The van der Waals surface area contributed by atoms with E-state index >= 15 is 0 Å². The zero-order valence-corrected chi connectivity index (χ0v) is 10.2. The Morgan fingerprint density at radius 2 is 2.06 bits per heavy atom. The fraction of sp³-hybridized carbons (Fsp3) is 0.615. The molecule has 1 aromatic rings. The van der Waals surface area contributed by atoms with Gasteiger partial charge in [-0.2, -0.15) is 0 Å². The molecule has 0 radical (unpaired) electrons. The summed E-state index contributed by atoms with van der Waals surface area (Å²) < 4.78 is 0. The molecule has 16 heavy (non-hydrogen) atoms. The Morgan fingerprint density at radius 3 is 2.75 bits per heavy atom. The number of fused-ring (bicyclic) bond motifs is 1. The van der Waals surface area contributed by atoms with E-state index in [0.29, 0.717) is 5.88 Å². The Balaban J connectivity index is 1.78. The van der Waals surface area contributed by atoms with Crippen LogP contribution in [0.25, 0.3) is 0 Å². The molecule has 1 aliphatic carbocycles. The van der Waals surface area contributed by atoms with Crippen LogP contribution in [0.3, 0.4) is 0 Å². The van der Waals surface area contributed by atoms with Crippen molar-refractivity contribution in [1.29, 1.82) is 0 Å². The maximum absolute atomic E-state index is 5.86. The minimum absolute atomic E-state index is 0.580. The van der Waals surface area contributed by atoms with E-state index in [-0.39, 0.29) is 0 Å². The highest BCUT2D eigenvalue weighted by Gasteiger charge is 2.36. The molecule has 3 rings (SSSR count). The molecule has 1 aliphatic heterocycles. The number of halogens is 1. The summed E-state index contributed by atoms with van der Waals surface area (Å²) in [4.78, 5) is 6.90. The average molecular weight is 237 g/mol. The van der Waals surface area contributed by atoms with Gasteiger partial charge in [0.1, 0.15) is 5.82 Å². The van der Waals surface area contributed by atoms with Crippen LogP contribution in [-0.2, 0) is 5.88 Å². The van der Waals surface area contributed by atoms with Gasteiger partial charge in [-0.05, 0) is 42.4 Å². The molecule has 2 heterocycles. The van der Waals surface area contributed by atoms with Crippen molar-refractivity contribution in [2.24, 2.45) is 11.8 Å². The number of hydrogen-bond donors (Lipinski definition) is 0. The average Bonchev–Trinajstić information content (AvgIpc) is 2.89. The number of pyridine rings is 1. The highest BCUT2D eigenvalue weighted by molar-refractivity contribution is 6.17. The lowest BCUT2D eigenvalue weighted by molar-refractivity contribution is 0.494. The summed E-state index contributed by atoms with van der Waals surface area (Å²) >= 11 is 5.86. The number of anilines is 1. The maximum Gasteiger partial charge on any atom is 0.128 e. The third-order valence-corrected chi connectivity index (χ3v) is 4.32. The quantitative estimate of drug-likeness (QED) is 0.734. The van der Waals surface area contributed by atoms with Crippen LogP contribution >= 0.6 is 11.6 Å². The third-order valence-electron chi connectivity index (χ3n) is 4.01. The van der Waals surface area contributed by atoms with Gasteiger partial charge in [0.25, 0.3) is 0 Å². The van der Waals surface area contributed by atoms with Gasteiger partial charge in [-0.3, -0.25) is 0 Å². The van der Waals surface area contributed by atoms with Gasteiger partial charge in [-0.25, -0.2) is 4.98 Å². The third kappa shape index (κ3) is 1.80. The summed E-state index contributed by atoms with van der Waals surface area (Å²) in [5.41, 5.74) is 1.17. The van der Waals surface area contributed by atoms with E-state index in [9.17, 15) is 0 Å². The topological polar surface area (TPSA) is 16.1 Å². The Labute approximate surface area is 102 Å². The van der Waals surface area contributed by atoms with Crippen molar-refractivity contribution in [3.05, 3.63) is 23.9 Å². The minimum atomic E-state index is 0.580. The Morgan fingerprint density at radius 1 is 1.31 bits per heavy atom. The molecule has 2 nitrogen and oxygen atoms in total. The standard InChI is InChI=1S/C13H17ClN2/c14-7-10-4-5-15-13(6-10)16-8-11-2-1-3-12(11)9-16/h4-6,11-12H,1-3,7-9H2. The Kier molecular flexibility index (Phi) is 2.76. The van der Waals surface area contributed by atoms with E-state index in [1.54, 1.807) is 0 Å². The summed E-state index contributed by atoms with van der Waals surface area (Å²) in [6.45, 7) is 2.40. The first kappa shape index (κ1) is 10.4. The van der Waals surface area contributed by atoms with Gasteiger partial charge < -0.3 is 4.90 Å². The van der Waals surface area contributed by atoms with Crippen LogP contribution in [-0.4, -0.2) is 18.1 Å². The van der Waals surface area contributed by atoms with Crippen molar-refractivity contribution in [3.8, 4) is 0 Å². The van der Waals surface area contributed by atoms with Crippen LogP contribution in [0, 0.1) is 11.8 Å². The fourth-order valence-corrected chi connectivity index (χ4v) is 3.30. The summed E-state index contributed by atoms with van der Waals surface area (Å²) in [6, 6.07) is 4.13. The number of aromatic nitrogens is 1. The number of hydrogen-bond acceptors (Lipinski definition) is 2. The van der Waals surface area contributed by atoms with Crippen LogP contribution in [0.15, 0.2) is 18.3 Å². The molecule has 3 heteroatoms. The summed E-state index contributed by atoms with van der Waals surface area (Å²) in [7, 11) is 0. The lowest BCUT2D eigenvalue weighted by Crippen LogP contribution is -2.21. The second kappa shape index (κ2) is 4.25. The highest BCUT2D eigenvalue weighted by Crippen LogP contribution is 2.39. The minimum Gasteiger partial charge on any atom is -0.356 e. The molecule has 0 aromatic carbocycles. The normalized spacial score (nSPS) is 28.4. The molecular weight excluding hydrogens is 220 g/mol. The van der Waals surface area contributed by atoms with Crippen LogP contribution in [0.2, 0.25) is 0 Å². The Bertz CT molecular complexity index is 368. The zero-order chi connectivity index (χ0) is 11.0. The van der Waals surface area contributed by atoms with Crippen LogP contribution in [0.1, 0.15) is 24.8 Å². The van der Waals surface area contributed by atoms with Crippen LogP contribution < -0.4 is 4.90 Å².